The van der Waals surface area contributed by atoms with Gasteiger partial charge in [0.15, 0.2) is 0 Å². The number of piperazine rings is 1. The van der Waals surface area contributed by atoms with Crippen molar-refractivity contribution < 1.29 is 14.3 Å². The number of likely N-dealkylation sites (N-methyl/N-ethyl adjacent to an activating group) is 1. The third-order valence-corrected chi connectivity index (χ3v) is 4.96. The first-order chi connectivity index (χ1) is 10.9. The Morgan fingerprint density at radius 3 is 2.57 bits per heavy atom. The van der Waals surface area contributed by atoms with Gasteiger partial charge in [0.2, 0.25) is 5.91 Å². The van der Waals surface area contributed by atoms with Crippen molar-refractivity contribution in [3.63, 3.8) is 0 Å². The summed E-state index contributed by atoms with van der Waals surface area (Å²) in [6.45, 7) is 5.54. The van der Waals surface area contributed by atoms with Crippen LogP contribution in [0.1, 0.15) is 32.6 Å². The van der Waals surface area contributed by atoms with Crippen LogP contribution in [0, 0.1) is 5.41 Å². The third kappa shape index (κ3) is 4.70. The Kier molecular flexibility index (Phi) is 6.04. The maximum atomic E-state index is 13.0. The molecule has 0 saturated carbocycles. The Labute approximate surface area is 138 Å². The molecule has 23 heavy (non-hydrogen) atoms. The lowest BCUT2D eigenvalue weighted by Crippen LogP contribution is -2.51. The summed E-state index contributed by atoms with van der Waals surface area (Å²) in [4.78, 5) is 28.6. The van der Waals surface area contributed by atoms with E-state index in [1.807, 2.05) is 17.1 Å². The van der Waals surface area contributed by atoms with Crippen LogP contribution in [0.25, 0.3) is 0 Å². The molecule has 2 amide bonds. The molecule has 130 valence electrons. The summed E-state index contributed by atoms with van der Waals surface area (Å²) in [5.41, 5.74) is -0.370. The van der Waals surface area contributed by atoms with E-state index in [0.29, 0.717) is 6.42 Å². The molecule has 0 radical (unpaired) electrons. The lowest BCUT2D eigenvalue weighted by Gasteiger charge is -2.39. The topological polar surface area (TPSA) is 61.9 Å². The minimum Gasteiger partial charge on any atom is -0.442 e. The minimum atomic E-state index is -0.424. The van der Waals surface area contributed by atoms with Crippen LogP contribution in [0.15, 0.2) is 12.2 Å². The zero-order valence-corrected chi connectivity index (χ0v) is 14.5. The maximum absolute atomic E-state index is 13.0. The molecule has 6 nitrogen and oxygen atoms in total. The summed E-state index contributed by atoms with van der Waals surface area (Å²) in [5.74, 6) is 0.250. The Hall–Kier alpha value is -1.56. The number of carbonyl (C=O) groups is 2. The molecule has 0 bridgehead atoms. The third-order valence-electron chi connectivity index (χ3n) is 4.96. The van der Waals surface area contributed by atoms with Gasteiger partial charge in [-0.3, -0.25) is 4.79 Å². The number of allylic oxidation sites excluding steroid dienone is 1. The van der Waals surface area contributed by atoms with Crippen molar-refractivity contribution in [3.8, 4) is 0 Å². The number of nitrogens with zero attached hydrogens (tertiary/aromatic N) is 2. The molecule has 1 heterocycles. The number of ether oxygens (including phenoxy) is 1. The van der Waals surface area contributed by atoms with E-state index in [1.165, 1.54) is 0 Å². The Morgan fingerprint density at radius 1 is 1.22 bits per heavy atom. The first-order valence-electron chi connectivity index (χ1n) is 8.47. The largest absolute Gasteiger partial charge is 0.442 e. The average molecular weight is 323 g/mol. The molecule has 1 N–H and O–H groups in total. The molecular formula is C17H29N3O3. The van der Waals surface area contributed by atoms with Gasteiger partial charge in [-0.1, -0.05) is 13.0 Å². The molecular weight excluding hydrogens is 294 g/mol. The number of amides is 2. The van der Waals surface area contributed by atoms with E-state index < -0.39 is 6.09 Å². The monoisotopic (exact) mass is 323 g/mol. The van der Waals surface area contributed by atoms with Crippen molar-refractivity contribution in [1.82, 2.24) is 15.1 Å². The van der Waals surface area contributed by atoms with Crippen molar-refractivity contribution >= 4 is 12.0 Å². The predicted molar refractivity (Wildman–Crippen MR) is 89.1 cm³/mol. The van der Waals surface area contributed by atoms with Gasteiger partial charge in [-0.15, -0.1) is 0 Å². The number of alkyl carbamates (subject to hydrolysis) is 1. The smallest absolute Gasteiger partial charge is 0.407 e. The molecule has 2 aliphatic rings. The number of nitrogens with one attached hydrogen (secondary N) is 1. The fourth-order valence-corrected chi connectivity index (χ4v) is 3.23. The second kappa shape index (κ2) is 7.81. The normalized spacial score (nSPS) is 30.9. The molecule has 1 saturated heterocycles. The molecule has 0 aromatic carbocycles. The van der Waals surface area contributed by atoms with Gasteiger partial charge in [-0.25, -0.2) is 4.79 Å². The molecule has 1 aliphatic heterocycles. The van der Waals surface area contributed by atoms with Gasteiger partial charge in [0, 0.05) is 38.6 Å². The van der Waals surface area contributed by atoms with Crippen molar-refractivity contribution in [1.29, 1.82) is 0 Å². The Morgan fingerprint density at radius 2 is 1.91 bits per heavy atom. The molecule has 0 aromatic heterocycles. The van der Waals surface area contributed by atoms with Crippen LogP contribution in [-0.2, 0) is 9.53 Å². The van der Waals surface area contributed by atoms with E-state index in [-0.39, 0.29) is 17.4 Å². The van der Waals surface area contributed by atoms with Crippen LogP contribution in [0.5, 0.6) is 0 Å². The van der Waals surface area contributed by atoms with Gasteiger partial charge in [-0.05, 0) is 38.8 Å². The van der Waals surface area contributed by atoms with E-state index >= 15 is 0 Å². The van der Waals surface area contributed by atoms with Gasteiger partial charge in [-0.2, -0.15) is 0 Å². The molecule has 0 aromatic rings. The predicted octanol–water partition coefficient (Wildman–Crippen LogP) is 1.62. The molecule has 0 spiro atoms. The van der Waals surface area contributed by atoms with Crippen molar-refractivity contribution in [2.45, 2.75) is 38.7 Å². The van der Waals surface area contributed by atoms with E-state index in [0.717, 1.165) is 45.4 Å². The Bertz CT molecular complexity index is 458. The molecule has 6 heteroatoms. The fourth-order valence-electron chi connectivity index (χ4n) is 3.23. The lowest BCUT2D eigenvalue weighted by molar-refractivity contribution is -0.144. The van der Waals surface area contributed by atoms with Gasteiger partial charge in [0.1, 0.15) is 6.10 Å². The molecule has 1 fully saturated rings. The summed E-state index contributed by atoms with van der Waals surface area (Å²) < 4.78 is 5.34. The van der Waals surface area contributed by atoms with Crippen molar-refractivity contribution in [3.05, 3.63) is 12.2 Å². The minimum absolute atomic E-state index is 0.250. The zero-order chi connectivity index (χ0) is 16.9. The highest BCUT2D eigenvalue weighted by atomic mass is 16.6. The Balaban J connectivity index is 1.99. The number of rotatable bonds is 2. The highest BCUT2D eigenvalue weighted by Gasteiger charge is 2.37. The van der Waals surface area contributed by atoms with Gasteiger partial charge >= 0.3 is 6.09 Å². The van der Waals surface area contributed by atoms with E-state index in [1.54, 1.807) is 7.05 Å². The van der Waals surface area contributed by atoms with Gasteiger partial charge in [0.25, 0.3) is 0 Å². The number of hydrogen-bond donors (Lipinski definition) is 1. The molecule has 2 atom stereocenters. The maximum Gasteiger partial charge on any atom is 0.407 e. The van der Waals surface area contributed by atoms with Gasteiger partial charge < -0.3 is 19.9 Å². The van der Waals surface area contributed by atoms with Crippen LogP contribution < -0.4 is 5.32 Å². The number of hydrogen-bond acceptors (Lipinski definition) is 4. The van der Waals surface area contributed by atoms with Crippen LogP contribution in [0.4, 0.5) is 4.79 Å². The van der Waals surface area contributed by atoms with Crippen LogP contribution in [-0.4, -0.2) is 68.2 Å². The van der Waals surface area contributed by atoms with Crippen LogP contribution in [0.2, 0.25) is 0 Å². The lowest BCUT2D eigenvalue weighted by atomic mass is 9.77. The molecule has 0 unspecified atom stereocenters. The second-order valence-corrected chi connectivity index (χ2v) is 6.86. The summed E-state index contributed by atoms with van der Waals surface area (Å²) >= 11 is 0. The van der Waals surface area contributed by atoms with E-state index in [2.05, 4.69) is 24.2 Å². The fraction of sp³-hybridized carbons (Fsp3) is 0.765. The molecule has 1 aliphatic carbocycles. The highest BCUT2D eigenvalue weighted by Crippen LogP contribution is 2.35. The highest BCUT2D eigenvalue weighted by molar-refractivity contribution is 5.82. The van der Waals surface area contributed by atoms with Crippen molar-refractivity contribution in [2.75, 3.05) is 40.3 Å². The molecule has 2 rings (SSSR count). The van der Waals surface area contributed by atoms with Crippen LogP contribution in [0.3, 0.4) is 0 Å². The summed E-state index contributed by atoms with van der Waals surface area (Å²) in [7, 11) is 3.64. The first kappa shape index (κ1) is 17.8. The summed E-state index contributed by atoms with van der Waals surface area (Å²) in [6.07, 6.45) is 6.40. The van der Waals surface area contributed by atoms with E-state index in [4.69, 9.17) is 4.74 Å². The zero-order valence-electron chi connectivity index (χ0n) is 14.5. The average Bonchev–Trinajstić information content (AvgIpc) is 2.54. The van der Waals surface area contributed by atoms with E-state index in [9.17, 15) is 9.59 Å². The second-order valence-electron chi connectivity index (χ2n) is 6.86. The SMILES string of the molecule is CNC(=O)O[C@@H]1/C=C/CC[C@](C)(C(=O)N2CCN(C)CC2)CC1. The quantitative estimate of drug-likeness (QED) is 0.785. The van der Waals surface area contributed by atoms with Crippen LogP contribution >= 0.6 is 0 Å². The number of carbonyl (C=O) groups excluding carboxylic acids is 2. The van der Waals surface area contributed by atoms with Gasteiger partial charge in [0.05, 0.1) is 0 Å². The summed E-state index contributed by atoms with van der Waals surface area (Å²) in [6, 6.07) is 0. The van der Waals surface area contributed by atoms with Crippen molar-refractivity contribution in [2.24, 2.45) is 5.41 Å². The summed E-state index contributed by atoms with van der Waals surface area (Å²) in [5, 5.41) is 2.47. The standard InChI is InChI=1S/C17H29N3O3/c1-17(15(21)20-12-10-19(3)11-13-20)8-5-4-6-14(7-9-17)23-16(22)18-2/h4,6,14H,5,7-13H2,1-3H3,(H,18,22)/b6-4+/t14-,17+/m1/s1. The first-order valence-corrected chi connectivity index (χ1v) is 8.47.